The Bertz CT molecular complexity index is 1290. The van der Waals surface area contributed by atoms with Crippen molar-refractivity contribution in [3.8, 4) is 5.75 Å². The first-order valence-electron chi connectivity index (χ1n) is 8.63. The molecule has 6 nitrogen and oxygen atoms in total. The van der Waals surface area contributed by atoms with Crippen LogP contribution in [-0.2, 0) is 32.8 Å². The maximum absolute atomic E-state index is 12.8. The van der Waals surface area contributed by atoms with Gasteiger partial charge in [0, 0.05) is 28.1 Å². The molecule has 9 heteroatoms. The van der Waals surface area contributed by atoms with Crippen molar-refractivity contribution in [1.29, 1.82) is 0 Å². The second kappa shape index (κ2) is 6.89. The molecule has 1 aliphatic rings. The molecule has 0 bridgehead atoms. The lowest BCUT2D eigenvalue weighted by Crippen LogP contribution is -2.11. The van der Waals surface area contributed by atoms with Gasteiger partial charge in [-0.05, 0) is 71.6 Å². The Hall–Kier alpha value is -1.84. The van der Waals surface area contributed by atoms with Gasteiger partial charge >= 0.3 is 10.1 Å². The molecular formula is C19H17BrO6S2. The van der Waals surface area contributed by atoms with E-state index in [2.05, 4.69) is 15.9 Å². The molecule has 1 aromatic heterocycles. The molecule has 0 aliphatic heterocycles. The van der Waals surface area contributed by atoms with E-state index >= 15 is 0 Å². The zero-order valence-corrected chi connectivity index (χ0v) is 18.2. The molecule has 2 aromatic carbocycles. The van der Waals surface area contributed by atoms with Gasteiger partial charge in [-0.1, -0.05) is 0 Å². The van der Waals surface area contributed by atoms with Gasteiger partial charge in [-0.2, -0.15) is 8.42 Å². The summed E-state index contributed by atoms with van der Waals surface area (Å²) in [6.45, 7) is 0. The van der Waals surface area contributed by atoms with Gasteiger partial charge in [0.2, 0.25) is 0 Å². The third-order valence-corrected chi connectivity index (χ3v) is 8.09. The highest BCUT2D eigenvalue weighted by molar-refractivity contribution is 9.10. The summed E-state index contributed by atoms with van der Waals surface area (Å²) in [7, 11) is -7.80. The van der Waals surface area contributed by atoms with Crippen molar-refractivity contribution in [2.75, 3.05) is 6.26 Å². The van der Waals surface area contributed by atoms with Crippen LogP contribution < -0.4 is 4.18 Å². The molecule has 0 saturated carbocycles. The molecule has 0 radical (unpaired) electrons. The van der Waals surface area contributed by atoms with E-state index < -0.39 is 20.0 Å². The van der Waals surface area contributed by atoms with Gasteiger partial charge < -0.3 is 8.60 Å². The van der Waals surface area contributed by atoms with Crippen molar-refractivity contribution in [3.05, 3.63) is 52.2 Å². The van der Waals surface area contributed by atoms with Gasteiger partial charge in [0.1, 0.15) is 22.0 Å². The summed E-state index contributed by atoms with van der Waals surface area (Å²) in [6, 6.07) is 8.69. The van der Waals surface area contributed by atoms with E-state index in [0.29, 0.717) is 5.58 Å². The van der Waals surface area contributed by atoms with E-state index in [1.807, 2.05) is 0 Å². The molecule has 0 unspecified atom stereocenters. The Morgan fingerprint density at radius 2 is 1.75 bits per heavy atom. The SMILES string of the molecule is CS(=O)(=O)c1ccc(Br)c(S(=O)(=O)Oc2ccc3oc4c(c3c2)CCCC4)c1. The van der Waals surface area contributed by atoms with Crippen LogP contribution in [0.15, 0.2) is 55.1 Å². The van der Waals surface area contributed by atoms with Gasteiger partial charge in [0.15, 0.2) is 9.84 Å². The number of sulfone groups is 1. The molecule has 1 heterocycles. The van der Waals surface area contributed by atoms with Gasteiger partial charge in [0.25, 0.3) is 0 Å². The van der Waals surface area contributed by atoms with Crippen LogP contribution in [0, 0.1) is 0 Å². The molecule has 28 heavy (non-hydrogen) atoms. The summed E-state index contributed by atoms with van der Waals surface area (Å²) in [6.07, 6.45) is 4.93. The Morgan fingerprint density at radius 3 is 2.50 bits per heavy atom. The average Bonchev–Trinajstić information content (AvgIpc) is 2.98. The highest BCUT2D eigenvalue weighted by Crippen LogP contribution is 2.35. The van der Waals surface area contributed by atoms with E-state index in [9.17, 15) is 16.8 Å². The molecule has 0 N–H and O–H groups in total. The summed E-state index contributed by atoms with van der Waals surface area (Å²) in [5.74, 6) is 1.10. The van der Waals surface area contributed by atoms with Crippen LogP contribution in [0.25, 0.3) is 11.0 Å². The van der Waals surface area contributed by atoms with Gasteiger partial charge in [0.05, 0.1) is 4.90 Å². The Morgan fingerprint density at radius 1 is 1.00 bits per heavy atom. The summed E-state index contributed by atoms with van der Waals surface area (Å²) >= 11 is 3.16. The normalized spacial score (nSPS) is 14.8. The Kier molecular flexibility index (Phi) is 4.79. The van der Waals surface area contributed by atoms with Gasteiger partial charge in [-0.15, -0.1) is 0 Å². The predicted octanol–water partition coefficient (Wildman–Crippen LogP) is 4.25. The van der Waals surface area contributed by atoms with E-state index in [-0.39, 0.29) is 20.0 Å². The molecule has 4 rings (SSSR count). The first-order chi connectivity index (χ1) is 13.1. The summed E-state index contributed by atoms with van der Waals surface area (Å²) < 4.78 is 60.5. The number of aryl methyl sites for hydroxylation is 2. The van der Waals surface area contributed by atoms with Crippen molar-refractivity contribution in [3.63, 3.8) is 0 Å². The van der Waals surface area contributed by atoms with Gasteiger partial charge in [-0.25, -0.2) is 8.42 Å². The third-order valence-electron chi connectivity index (χ3n) is 4.73. The minimum absolute atomic E-state index is 0.0998. The number of halogens is 1. The minimum atomic E-state index is -4.24. The second-order valence-corrected chi connectivity index (χ2v) is 11.2. The van der Waals surface area contributed by atoms with Crippen LogP contribution >= 0.6 is 15.9 Å². The van der Waals surface area contributed by atoms with Crippen LogP contribution in [-0.4, -0.2) is 23.1 Å². The van der Waals surface area contributed by atoms with Crippen molar-refractivity contribution in [2.45, 2.75) is 35.5 Å². The number of benzene rings is 2. The van der Waals surface area contributed by atoms with Crippen molar-refractivity contribution in [2.24, 2.45) is 0 Å². The number of fused-ring (bicyclic) bond motifs is 3. The number of rotatable bonds is 4. The monoisotopic (exact) mass is 484 g/mol. The fourth-order valence-electron chi connectivity index (χ4n) is 3.37. The lowest BCUT2D eigenvalue weighted by molar-refractivity contribution is 0.485. The van der Waals surface area contributed by atoms with Crippen molar-refractivity contribution < 1.29 is 25.4 Å². The number of hydrogen-bond donors (Lipinski definition) is 0. The summed E-state index contributed by atoms with van der Waals surface area (Å²) in [5, 5.41) is 0.853. The van der Waals surface area contributed by atoms with Crippen molar-refractivity contribution >= 4 is 46.9 Å². The maximum Gasteiger partial charge on any atom is 0.340 e. The molecule has 0 fully saturated rings. The van der Waals surface area contributed by atoms with E-state index in [1.54, 1.807) is 12.1 Å². The van der Waals surface area contributed by atoms with Crippen LogP contribution in [0.2, 0.25) is 0 Å². The first-order valence-corrected chi connectivity index (χ1v) is 12.7. The van der Waals surface area contributed by atoms with Crippen LogP contribution in [0.3, 0.4) is 0 Å². The smallest absolute Gasteiger partial charge is 0.340 e. The molecule has 3 aromatic rings. The highest BCUT2D eigenvalue weighted by Gasteiger charge is 2.24. The van der Waals surface area contributed by atoms with Gasteiger partial charge in [-0.3, -0.25) is 0 Å². The fraction of sp³-hybridized carbons (Fsp3) is 0.263. The van der Waals surface area contributed by atoms with Crippen LogP contribution in [0.5, 0.6) is 5.75 Å². The third kappa shape index (κ3) is 3.58. The van der Waals surface area contributed by atoms with Crippen molar-refractivity contribution in [1.82, 2.24) is 0 Å². The Balaban J connectivity index is 1.74. The maximum atomic E-state index is 12.8. The standard InChI is InChI=1S/C19H17BrO6S2/c1-27(21,22)13-7-8-16(20)19(11-13)28(23,24)26-12-6-9-18-15(10-12)14-4-2-3-5-17(14)25-18/h6-11H,2-5H2,1H3. The van der Waals surface area contributed by atoms with E-state index in [4.69, 9.17) is 8.60 Å². The lowest BCUT2D eigenvalue weighted by atomic mass is 9.96. The number of hydrogen-bond acceptors (Lipinski definition) is 6. The predicted molar refractivity (Wildman–Crippen MR) is 108 cm³/mol. The van der Waals surface area contributed by atoms with E-state index in [0.717, 1.165) is 54.7 Å². The largest absolute Gasteiger partial charge is 0.461 e. The second-order valence-electron chi connectivity index (χ2n) is 6.77. The number of furan rings is 1. The molecule has 1 aliphatic carbocycles. The summed E-state index contributed by atoms with van der Waals surface area (Å²) in [5.41, 5.74) is 1.81. The molecule has 0 spiro atoms. The molecule has 148 valence electrons. The molecule has 0 atom stereocenters. The zero-order valence-electron chi connectivity index (χ0n) is 14.9. The average molecular weight is 485 g/mol. The minimum Gasteiger partial charge on any atom is -0.461 e. The van der Waals surface area contributed by atoms with E-state index in [1.165, 1.54) is 18.2 Å². The molecule has 0 saturated heterocycles. The quantitative estimate of drug-likeness (QED) is 0.514. The lowest BCUT2D eigenvalue weighted by Gasteiger charge is -2.11. The van der Waals surface area contributed by atoms with Crippen LogP contribution in [0.4, 0.5) is 0 Å². The highest BCUT2D eigenvalue weighted by atomic mass is 79.9. The fourth-order valence-corrected chi connectivity index (χ4v) is 5.96. The van der Waals surface area contributed by atoms with Crippen LogP contribution in [0.1, 0.15) is 24.2 Å². The summed E-state index contributed by atoms with van der Waals surface area (Å²) in [4.78, 5) is -0.345. The first kappa shape index (κ1) is 19.5. The molecular weight excluding hydrogens is 468 g/mol. The zero-order chi connectivity index (χ0) is 20.1. The Labute approximate surface area is 171 Å². The topological polar surface area (TPSA) is 90.7 Å². The molecule has 0 amide bonds.